The number of aromatic nitrogens is 1. The number of carbonyl (C=O) groups is 3. The largest absolute Gasteiger partial charge is 0.496 e. The van der Waals surface area contributed by atoms with E-state index in [0.29, 0.717) is 36.5 Å². The molecule has 1 saturated heterocycles. The molecule has 2 aromatic rings. The van der Waals surface area contributed by atoms with Gasteiger partial charge < -0.3 is 25.7 Å². The molecule has 3 amide bonds. The third-order valence-electron chi connectivity index (χ3n) is 5.43. The summed E-state index contributed by atoms with van der Waals surface area (Å²) in [5, 5.41) is 17.3. The number of nitriles is 1. The number of alkyl halides is 2. The van der Waals surface area contributed by atoms with Gasteiger partial charge in [0.15, 0.2) is 0 Å². The lowest BCUT2D eigenvalue weighted by molar-refractivity contribution is -0.126. The standard InChI is InChI=1S/C22H25F2N5O4/c1-22(23,24)10-17(21(32)27-13(11-25)8-12-6-7-26-19(12)30)29-20(31)16-9-14-15(28-16)4-3-5-18(14)33-2/h3-5,9,12-13,17,28H,6-8,10H2,1-2H3,(H,26,30)(H,27,32)(H,29,31)/t12-,13-,17?/m0/s1. The summed E-state index contributed by atoms with van der Waals surface area (Å²) >= 11 is 0. The fraction of sp³-hybridized carbons (Fsp3) is 0.455. The minimum absolute atomic E-state index is 0.0546. The van der Waals surface area contributed by atoms with Crippen molar-refractivity contribution < 1.29 is 27.9 Å². The number of amides is 3. The number of rotatable bonds is 9. The number of nitrogens with one attached hydrogen (secondary N) is 4. The first-order chi connectivity index (χ1) is 15.6. The first kappa shape index (κ1) is 24.0. The molecule has 11 heteroatoms. The molecular formula is C22H25F2N5O4. The number of ether oxygens (including phenoxy) is 1. The third-order valence-corrected chi connectivity index (χ3v) is 5.43. The molecule has 3 atom stereocenters. The number of carbonyl (C=O) groups excluding carboxylic acids is 3. The molecule has 0 aliphatic carbocycles. The summed E-state index contributed by atoms with van der Waals surface area (Å²) in [6, 6.07) is 5.87. The Hall–Kier alpha value is -3.68. The number of hydrogen-bond acceptors (Lipinski definition) is 5. The van der Waals surface area contributed by atoms with E-state index in [2.05, 4.69) is 20.9 Å². The SMILES string of the molecule is COc1cccc2[nH]c(C(=O)NC(CC(C)(F)F)C(=O)N[C@H](C#N)C[C@@H]3CCNC3=O)cc12. The summed E-state index contributed by atoms with van der Waals surface area (Å²) in [6.07, 6.45) is -0.390. The van der Waals surface area contributed by atoms with Gasteiger partial charge in [0.25, 0.3) is 5.91 Å². The van der Waals surface area contributed by atoms with Crippen molar-refractivity contribution in [3.8, 4) is 11.8 Å². The zero-order chi connectivity index (χ0) is 24.2. The van der Waals surface area contributed by atoms with Crippen molar-refractivity contribution in [1.82, 2.24) is 20.9 Å². The van der Waals surface area contributed by atoms with E-state index >= 15 is 0 Å². The van der Waals surface area contributed by atoms with E-state index in [0.717, 1.165) is 0 Å². The Labute approximate surface area is 188 Å². The Morgan fingerprint density at radius 1 is 1.36 bits per heavy atom. The van der Waals surface area contributed by atoms with Crippen LogP contribution >= 0.6 is 0 Å². The summed E-state index contributed by atoms with van der Waals surface area (Å²) in [7, 11) is 1.48. The second-order valence-electron chi connectivity index (χ2n) is 8.11. The van der Waals surface area contributed by atoms with Crippen LogP contribution in [0.1, 0.15) is 36.7 Å². The van der Waals surface area contributed by atoms with Gasteiger partial charge in [-0.25, -0.2) is 8.78 Å². The minimum atomic E-state index is -3.26. The lowest BCUT2D eigenvalue weighted by Crippen LogP contribution is -2.51. The lowest BCUT2D eigenvalue weighted by atomic mass is 9.98. The number of H-pyrrole nitrogens is 1. The predicted octanol–water partition coefficient (Wildman–Crippen LogP) is 1.85. The van der Waals surface area contributed by atoms with Gasteiger partial charge in [-0.3, -0.25) is 14.4 Å². The quantitative estimate of drug-likeness (QED) is 0.452. The maximum Gasteiger partial charge on any atom is 0.268 e. The van der Waals surface area contributed by atoms with Crippen molar-refractivity contribution >= 4 is 28.6 Å². The molecule has 4 N–H and O–H groups in total. The molecule has 0 saturated carbocycles. The second kappa shape index (κ2) is 9.85. The molecule has 1 aromatic carbocycles. The maximum atomic E-state index is 13.8. The van der Waals surface area contributed by atoms with E-state index < -0.39 is 42.2 Å². The van der Waals surface area contributed by atoms with Crippen LogP contribution in [0.3, 0.4) is 0 Å². The van der Waals surface area contributed by atoms with Crippen LogP contribution in [-0.2, 0) is 9.59 Å². The minimum Gasteiger partial charge on any atom is -0.496 e. The smallest absolute Gasteiger partial charge is 0.268 e. The van der Waals surface area contributed by atoms with Crippen molar-refractivity contribution in [2.75, 3.05) is 13.7 Å². The van der Waals surface area contributed by atoms with Crippen molar-refractivity contribution in [3.63, 3.8) is 0 Å². The van der Waals surface area contributed by atoms with Crippen LogP contribution in [0.15, 0.2) is 24.3 Å². The first-order valence-corrected chi connectivity index (χ1v) is 10.4. The number of methoxy groups -OCH3 is 1. The predicted molar refractivity (Wildman–Crippen MR) is 115 cm³/mol. The van der Waals surface area contributed by atoms with Crippen molar-refractivity contribution in [2.45, 2.75) is 44.2 Å². The monoisotopic (exact) mass is 461 g/mol. The molecule has 1 fully saturated rings. The Morgan fingerprint density at radius 3 is 2.73 bits per heavy atom. The second-order valence-corrected chi connectivity index (χ2v) is 8.11. The average Bonchev–Trinajstić information content (AvgIpc) is 3.37. The number of nitrogens with zero attached hydrogens (tertiary/aromatic N) is 1. The Morgan fingerprint density at radius 2 is 2.12 bits per heavy atom. The average molecular weight is 461 g/mol. The van der Waals surface area contributed by atoms with Crippen molar-refractivity contribution in [2.24, 2.45) is 5.92 Å². The molecule has 1 aliphatic rings. The first-order valence-electron chi connectivity index (χ1n) is 10.4. The summed E-state index contributed by atoms with van der Waals surface area (Å²) in [5.41, 5.74) is 0.659. The number of fused-ring (bicyclic) bond motifs is 1. The van der Waals surface area contributed by atoms with Gasteiger partial charge in [0, 0.05) is 29.8 Å². The molecule has 3 rings (SSSR count). The van der Waals surface area contributed by atoms with E-state index in [1.807, 2.05) is 6.07 Å². The molecule has 33 heavy (non-hydrogen) atoms. The van der Waals surface area contributed by atoms with Crippen LogP contribution in [0.25, 0.3) is 10.9 Å². The topological polar surface area (TPSA) is 136 Å². The van der Waals surface area contributed by atoms with Gasteiger partial charge >= 0.3 is 0 Å². The van der Waals surface area contributed by atoms with Crippen LogP contribution in [0.5, 0.6) is 5.75 Å². The van der Waals surface area contributed by atoms with Crippen LogP contribution in [-0.4, -0.2) is 54.4 Å². The van der Waals surface area contributed by atoms with E-state index in [9.17, 15) is 28.4 Å². The zero-order valence-corrected chi connectivity index (χ0v) is 18.2. The molecule has 176 valence electrons. The van der Waals surface area contributed by atoms with Crippen molar-refractivity contribution in [3.05, 3.63) is 30.0 Å². The van der Waals surface area contributed by atoms with Gasteiger partial charge in [-0.15, -0.1) is 0 Å². The highest BCUT2D eigenvalue weighted by atomic mass is 19.3. The highest BCUT2D eigenvalue weighted by Gasteiger charge is 2.35. The molecule has 2 heterocycles. The highest BCUT2D eigenvalue weighted by molar-refractivity contribution is 6.01. The van der Waals surface area contributed by atoms with E-state index in [-0.39, 0.29) is 18.0 Å². The molecule has 0 bridgehead atoms. The van der Waals surface area contributed by atoms with Crippen LogP contribution in [0.2, 0.25) is 0 Å². The fourth-order valence-corrected chi connectivity index (χ4v) is 3.80. The third kappa shape index (κ3) is 5.97. The van der Waals surface area contributed by atoms with Crippen molar-refractivity contribution in [1.29, 1.82) is 5.26 Å². The van der Waals surface area contributed by atoms with Gasteiger partial charge in [-0.1, -0.05) is 6.07 Å². The fourth-order valence-electron chi connectivity index (χ4n) is 3.80. The normalized spacial score (nSPS) is 17.7. The molecule has 1 aromatic heterocycles. The van der Waals surface area contributed by atoms with Crippen LogP contribution in [0, 0.1) is 17.2 Å². The molecule has 0 radical (unpaired) electrons. The number of aromatic amines is 1. The maximum absolute atomic E-state index is 13.8. The Balaban J connectivity index is 1.74. The van der Waals surface area contributed by atoms with E-state index in [4.69, 9.17) is 4.74 Å². The summed E-state index contributed by atoms with van der Waals surface area (Å²) in [6.45, 7) is 1.11. The lowest BCUT2D eigenvalue weighted by Gasteiger charge is -2.23. The van der Waals surface area contributed by atoms with Gasteiger partial charge in [-0.2, -0.15) is 5.26 Å². The van der Waals surface area contributed by atoms with E-state index in [1.54, 1.807) is 18.2 Å². The van der Waals surface area contributed by atoms with Crippen LogP contribution < -0.4 is 20.7 Å². The molecule has 1 unspecified atom stereocenters. The molecule has 1 aliphatic heterocycles. The summed E-state index contributed by atoms with van der Waals surface area (Å²) in [5.74, 6) is -5.10. The Bertz CT molecular complexity index is 1090. The summed E-state index contributed by atoms with van der Waals surface area (Å²) in [4.78, 5) is 40.1. The molecular weight excluding hydrogens is 436 g/mol. The van der Waals surface area contributed by atoms with E-state index in [1.165, 1.54) is 13.2 Å². The van der Waals surface area contributed by atoms with Gasteiger partial charge in [-0.05, 0) is 38.0 Å². The molecule has 0 spiro atoms. The number of halogens is 2. The zero-order valence-electron chi connectivity index (χ0n) is 18.2. The molecule has 9 nitrogen and oxygen atoms in total. The summed E-state index contributed by atoms with van der Waals surface area (Å²) < 4.78 is 32.8. The highest BCUT2D eigenvalue weighted by Crippen LogP contribution is 2.26. The number of benzene rings is 1. The van der Waals surface area contributed by atoms with Gasteiger partial charge in [0.05, 0.1) is 13.2 Å². The Kier molecular flexibility index (Phi) is 7.16. The van der Waals surface area contributed by atoms with Gasteiger partial charge in [0.1, 0.15) is 23.5 Å². The number of hydrogen-bond donors (Lipinski definition) is 4. The van der Waals surface area contributed by atoms with Crippen LogP contribution in [0.4, 0.5) is 8.78 Å². The van der Waals surface area contributed by atoms with Gasteiger partial charge in [0.2, 0.25) is 17.7 Å².